The summed E-state index contributed by atoms with van der Waals surface area (Å²) in [7, 11) is -3.71. The predicted molar refractivity (Wildman–Crippen MR) is 118 cm³/mol. The zero-order valence-electron chi connectivity index (χ0n) is 16.9. The minimum atomic E-state index is -3.71. The number of hydrogen-bond donors (Lipinski definition) is 1. The predicted octanol–water partition coefficient (Wildman–Crippen LogP) is 4.12. The van der Waals surface area contributed by atoms with Gasteiger partial charge in [-0.25, -0.2) is 13.1 Å². The highest BCUT2D eigenvalue weighted by atomic mass is 32.2. The van der Waals surface area contributed by atoms with Crippen molar-refractivity contribution in [3.63, 3.8) is 0 Å². The highest BCUT2D eigenvalue weighted by molar-refractivity contribution is 7.98. The molecule has 5 nitrogen and oxygen atoms in total. The van der Waals surface area contributed by atoms with E-state index in [1.54, 1.807) is 12.1 Å². The summed E-state index contributed by atoms with van der Waals surface area (Å²) >= 11 is 1.46. The van der Waals surface area contributed by atoms with Gasteiger partial charge in [0.2, 0.25) is 10.0 Å². The standard InChI is InChI=1S/C22H28N2O3S2/c1-17(18-9-5-3-6-10-18)16-23-29(26,27)19-11-12-21(28-2)20(15-19)22(25)24-13-7-4-8-14-24/h3,5-6,9-12,15,17,23H,4,7-8,13-14,16H2,1-2H3. The van der Waals surface area contributed by atoms with Crippen LogP contribution in [0.15, 0.2) is 58.3 Å². The van der Waals surface area contributed by atoms with Gasteiger partial charge in [-0.3, -0.25) is 4.79 Å². The molecule has 156 valence electrons. The maximum absolute atomic E-state index is 13.0. The Hall–Kier alpha value is -1.83. The fourth-order valence-electron chi connectivity index (χ4n) is 3.51. The van der Waals surface area contributed by atoms with Gasteiger partial charge in [-0.2, -0.15) is 0 Å². The van der Waals surface area contributed by atoms with E-state index in [0.717, 1.165) is 42.8 Å². The van der Waals surface area contributed by atoms with Crippen molar-refractivity contribution in [3.8, 4) is 0 Å². The summed E-state index contributed by atoms with van der Waals surface area (Å²) in [4.78, 5) is 15.8. The summed E-state index contributed by atoms with van der Waals surface area (Å²) in [6, 6.07) is 14.6. The third kappa shape index (κ3) is 5.41. The minimum Gasteiger partial charge on any atom is -0.339 e. The molecule has 1 aliphatic rings. The van der Waals surface area contributed by atoms with Crippen molar-refractivity contribution < 1.29 is 13.2 Å². The van der Waals surface area contributed by atoms with Gasteiger partial charge in [0.05, 0.1) is 10.5 Å². The molecule has 2 aromatic rings. The van der Waals surface area contributed by atoms with Crippen molar-refractivity contribution in [2.75, 3.05) is 25.9 Å². The zero-order chi connectivity index (χ0) is 20.9. The van der Waals surface area contributed by atoms with Crippen molar-refractivity contribution in [2.24, 2.45) is 0 Å². The van der Waals surface area contributed by atoms with Crippen LogP contribution in [0.25, 0.3) is 0 Å². The van der Waals surface area contributed by atoms with Crippen molar-refractivity contribution in [1.29, 1.82) is 0 Å². The Morgan fingerprint density at radius 1 is 1.10 bits per heavy atom. The quantitative estimate of drug-likeness (QED) is 0.669. The number of carbonyl (C=O) groups excluding carboxylic acids is 1. The molecule has 0 saturated carbocycles. The summed E-state index contributed by atoms with van der Waals surface area (Å²) in [5.74, 6) is -0.0327. The van der Waals surface area contributed by atoms with Crippen LogP contribution >= 0.6 is 11.8 Å². The van der Waals surface area contributed by atoms with Gasteiger partial charge < -0.3 is 4.90 Å². The van der Waals surface area contributed by atoms with Gasteiger partial charge in [-0.15, -0.1) is 11.8 Å². The first kappa shape index (κ1) is 21.9. The van der Waals surface area contributed by atoms with E-state index in [-0.39, 0.29) is 16.7 Å². The number of nitrogens with one attached hydrogen (secondary N) is 1. The van der Waals surface area contributed by atoms with Crippen LogP contribution < -0.4 is 4.72 Å². The number of likely N-dealkylation sites (tertiary alicyclic amines) is 1. The Kier molecular flexibility index (Phi) is 7.38. The van der Waals surface area contributed by atoms with E-state index in [4.69, 9.17) is 0 Å². The lowest BCUT2D eigenvalue weighted by Crippen LogP contribution is -2.36. The largest absolute Gasteiger partial charge is 0.339 e. The maximum Gasteiger partial charge on any atom is 0.255 e. The number of piperidine rings is 1. The van der Waals surface area contributed by atoms with Crippen LogP contribution in [0.5, 0.6) is 0 Å². The van der Waals surface area contributed by atoms with E-state index in [2.05, 4.69) is 4.72 Å². The lowest BCUT2D eigenvalue weighted by molar-refractivity contribution is 0.0720. The summed E-state index contributed by atoms with van der Waals surface area (Å²) in [6.07, 6.45) is 5.03. The summed E-state index contributed by atoms with van der Waals surface area (Å²) in [5, 5.41) is 0. The van der Waals surface area contributed by atoms with Gasteiger partial charge in [0, 0.05) is 24.5 Å². The Labute approximate surface area is 177 Å². The topological polar surface area (TPSA) is 66.5 Å². The molecule has 1 amide bonds. The van der Waals surface area contributed by atoms with Crippen LogP contribution in [-0.4, -0.2) is 45.1 Å². The second-order valence-electron chi connectivity index (χ2n) is 7.38. The van der Waals surface area contributed by atoms with E-state index in [1.165, 1.54) is 17.8 Å². The first-order valence-corrected chi connectivity index (χ1v) is 12.6. The summed E-state index contributed by atoms with van der Waals surface area (Å²) < 4.78 is 28.4. The van der Waals surface area contributed by atoms with Crippen molar-refractivity contribution >= 4 is 27.7 Å². The number of carbonyl (C=O) groups is 1. The molecule has 1 N–H and O–H groups in total. The molecular weight excluding hydrogens is 404 g/mol. The molecule has 1 heterocycles. The fraction of sp³-hybridized carbons (Fsp3) is 0.409. The molecule has 1 atom stereocenters. The van der Waals surface area contributed by atoms with Gasteiger partial charge in [0.15, 0.2) is 0 Å². The van der Waals surface area contributed by atoms with E-state index >= 15 is 0 Å². The smallest absolute Gasteiger partial charge is 0.255 e. The van der Waals surface area contributed by atoms with Crippen molar-refractivity contribution in [3.05, 3.63) is 59.7 Å². The van der Waals surface area contributed by atoms with Crippen LogP contribution in [0.4, 0.5) is 0 Å². The van der Waals surface area contributed by atoms with E-state index in [0.29, 0.717) is 12.1 Å². The molecule has 2 aromatic carbocycles. The molecule has 7 heteroatoms. The molecule has 0 aliphatic carbocycles. The molecule has 29 heavy (non-hydrogen) atoms. The number of hydrogen-bond acceptors (Lipinski definition) is 4. The molecule has 1 saturated heterocycles. The third-order valence-corrected chi connectivity index (χ3v) is 7.52. The van der Waals surface area contributed by atoms with Crippen LogP contribution in [0.3, 0.4) is 0 Å². The lowest BCUT2D eigenvalue weighted by atomic mass is 10.0. The Bertz CT molecular complexity index is 940. The SMILES string of the molecule is CSc1ccc(S(=O)(=O)NCC(C)c2ccccc2)cc1C(=O)N1CCCCC1. The molecule has 1 unspecified atom stereocenters. The van der Waals surface area contributed by atoms with Crippen LogP contribution in [0.2, 0.25) is 0 Å². The number of sulfonamides is 1. The molecule has 0 aromatic heterocycles. The van der Waals surface area contributed by atoms with Crippen molar-refractivity contribution in [1.82, 2.24) is 9.62 Å². The molecule has 3 rings (SSSR count). The van der Waals surface area contributed by atoms with Gasteiger partial charge in [0.1, 0.15) is 0 Å². The summed E-state index contributed by atoms with van der Waals surface area (Å²) in [5.41, 5.74) is 1.55. The first-order chi connectivity index (χ1) is 13.9. The van der Waals surface area contributed by atoms with Gasteiger partial charge in [0.25, 0.3) is 5.91 Å². The normalized spacial score (nSPS) is 15.9. The number of rotatable bonds is 7. The first-order valence-electron chi connectivity index (χ1n) is 9.94. The Morgan fingerprint density at radius 3 is 2.45 bits per heavy atom. The number of benzene rings is 2. The van der Waals surface area contributed by atoms with E-state index < -0.39 is 10.0 Å². The zero-order valence-corrected chi connectivity index (χ0v) is 18.6. The molecular formula is C22H28N2O3S2. The number of thioether (sulfide) groups is 1. The Morgan fingerprint density at radius 2 is 1.79 bits per heavy atom. The third-order valence-electron chi connectivity index (χ3n) is 5.30. The number of nitrogens with zero attached hydrogens (tertiary/aromatic N) is 1. The number of amides is 1. The monoisotopic (exact) mass is 432 g/mol. The molecule has 1 aliphatic heterocycles. The maximum atomic E-state index is 13.0. The molecule has 0 radical (unpaired) electrons. The van der Waals surface area contributed by atoms with Gasteiger partial charge >= 0.3 is 0 Å². The highest BCUT2D eigenvalue weighted by Crippen LogP contribution is 2.26. The van der Waals surface area contributed by atoms with Crippen LogP contribution in [0, 0.1) is 0 Å². The Balaban J connectivity index is 1.79. The van der Waals surface area contributed by atoms with Crippen molar-refractivity contribution in [2.45, 2.75) is 41.9 Å². The van der Waals surface area contributed by atoms with Gasteiger partial charge in [-0.1, -0.05) is 37.3 Å². The minimum absolute atomic E-state index is 0.0471. The lowest BCUT2D eigenvalue weighted by Gasteiger charge is -2.27. The van der Waals surface area contributed by atoms with Crippen LogP contribution in [-0.2, 0) is 10.0 Å². The second kappa shape index (κ2) is 9.78. The molecule has 0 spiro atoms. The van der Waals surface area contributed by atoms with Gasteiger partial charge in [-0.05, 0) is 55.2 Å². The molecule has 1 fully saturated rings. The van der Waals surface area contributed by atoms with E-state index in [1.807, 2.05) is 48.4 Å². The molecule has 0 bridgehead atoms. The summed E-state index contributed by atoms with van der Waals surface area (Å²) in [6.45, 7) is 3.75. The fourth-order valence-corrected chi connectivity index (χ4v) is 5.23. The average Bonchev–Trinajstić information content (AvgIpc) is 2.77. The second-order valence-corrected chi connectivity index (χ2v) is 9.99. The van der Waals surface area contributed by atoms with E-state index in [9.17, 15) is 13.2 Å². The highest BCUT2D eigenvalue weighted by Gasteiger charge is 2.24. The average molecular weight is 433 g/mol. The van der Waals surface area contributed by atoms with Crippen LogP contribution in [0.1, 0.15) is 48.0 Å².